The third kappa shape index (κ3) is 3.21. The lowest BCUT2D eigenvalue weighted by molar-refractivity contribution is 0.0671. The minimum Gasteiger partial charge on any atom is -0.410 e. The van der Waals surface area contributed by atoms with Gasteiger partial charge in [0.05, 0.1) is 11.7 Å². The molecule has 1 rings (SSSR count). The average Bonchev–Trinajstić information content (AvgIpc) is 2.36. The minimum atomic E-state index is -1.73. The van der Waals surface area contributed by atoms with Crippen molar-refractivity contribution in [2.45, 2.75) is 77.3 Å². The molecule has 17 heavy (non-hydrogen) atoms. The highest BCUT2D eigenvalue weighted by atomic mass is 28.4. The highest BCUT2D eigenvalue weighted by molar-refractivity contribution is 6.74. The van der Waals surface area contributed by atoms with Crippen LogP contribution in [-0.2, 0) is 4.43 Å². The SMILES string of the molecule is CCC1=CC(O[Si](C)(C)C(C)(C)C)CC1(C)O. The maximum Gasteiger partial charge on any atom is 0.192 e. The zero-order valence-electron chi connectivity index (χ0n) is 12.4. The molecule has 0 amide bonds. The fourth-order valence-corrected chi connectivity index (χ4v) is 3.38. The predicted molar refractivity (Wildman–Crippen MR) is 75.7 cm³/mol. The van der Waals surface area contributed by atoms with Crippen LogP contribution in [0.2, 0.25) is 18.1 Å². The Morgan fingerprint density at radius 1 is 1.47 bits per heavy atom. The fraction of sp³-hybridized carbons (Fsp3) is 0.857. The van der Waals surface area contributed by atoms with Crippen molar-refractivity contribution >= 4 is 8.32 Å². The molecule has 2 atom stereocenters. The summed E-state index contributed by atoms with van der Waals surface area (Å²) < 4.78 is 6.33. The lowest BCUT2D eigenvalue weighted by Gasteiger charge is -2.38. The Hall–Kier alpha value is -0.123. The van der Waals surface area contributed by atoms with Gasteiger partial charge in [-0.2, -0.15) is 0 Å². The van der Waals surface area contributed by atoms with Crippen LogP contribution in [0.1, 0.15) is 47.5 Å². The Morgan fingerprint density at radius 3 is 2.35 bits per heavy atom. The van der Waals surface area contributed by atoms with Crippen LogP contribution in [0.3, 0.4) is 0 Å². The summed E-state index contributed by atoms with van der Waals surface area (Å²) in [7, 11) is -1.73. The summed E-state index contributed by atoms with van der Waals surface area (Å²) in [6.45, 7) is 15.3. The Morgan fingerprint density at radius 2 is 2.00 bits per heavy atom. The molecule has 0 aromatic heterocycles. The molecule has 0 radical (unpaired) electrons. The molecule has 1 N–H and O–H groups in total. The Kier molecular flexibility index (Phi) is 3.97. The summed E-state index contributed by atoms with van der Waals surface area (Å²) in [6.07, 6.45) is 3.86. The topological polar surface area (TPSA) is 29.5 Å². The van der Waals surface area contributed by atoms with E-state index < -0.39 is 13.9 Å². The average molecular weight is 256 g/mol. The zero-order chi connectivity index (χ0) is 13.5. The van der Waals surface area contributed by atoms with Gasteiger partial charge >= 0.3 is 0 Å². The highest BCUT2D eigenvalue weighted by Gasteiger charge is 2.42. The summed E-state index contributed by atoms with van der Waals surface area (Å²) in [5.41, 5.74) is 0.461. The zero-order valence-corrected chi connectivity index (χ0v) is 13.4. The molecule has 0 saturated heterocycles. The molecule has 0 aliphatic heterocycles. The predicted octanol–water partition coefficient (Wildman–Crippen LogP) is 3.87. The van der Waals surface area contributed by atoms with Crippen molar-refractivity contribution < 1.29 is 9.53 Å². The Balaban J connectivity index is 2.77. The molecule has 2 nitrogen and oxygen atoms in total. The smallest absolute Gasteiger partial charge is 0.192 e. The van der Waals surface area contributed by atoms with Crippen molar-refractivity contribution in [2.75, 3.05) is 0 Å². The van der Waals surface area contributed by atoms with E-state index in [1.54, 1.807) is 0 Å². The molecule has 100 valence electrons. The molecule has 0 aromatic carbocycles. The van der Waals surface area contributed by atoms with Crippen molar-refractivity contribution in [2.24, 2.45) is 0 Å². The molecular weight excluding hydrogens is 228 g/mol. The van der Waals surface area contributed by atoms with Gasteiger partial charge in [0.15, 0.2) is 8.32 Å². The highest BCUT2D eigenvalue weighted by Crippen LogP contribution is 2.41. The third-order valence-electron chi connectivity index (χ3n) is 4.31. The molecule has 0 aromatic rings. The molecule has 0 bridgehead atoms. The normalized spacial score (nSPS) is 30.6. The van der Waals surface area contributed by atoms with Crippen LogP contribution in [0.15, 0.2) is 11.6 Å². The van der Waals surface area contributed by atoms with Gasteiger partial charge in [0, 0.05) is 6.42 Å². The van der Waals surface area contributed by atoms with Crippen LogP contribution in [-0.4, -0.2) is 25.1 Å². The molecule has 0 heterocycles. The minimum absolute atomic E-state index is 0.0980. The van der Waals surface area contributed by atoms with Crippen LogP contribution in [0, 0.1) is 0 Å². The molecule has 1 aliphatic rings. The fourth-order valence-electron chi connectivity index (χ4n) is 2.12. The summed E-state index contributed by atoms with van der Waals surface area (Å²) in [4.78, 5) is 0. The Bertz CT molecular complexity index is 311. The summed E-state index contributed by atoms with van der Waals surface area (Å²) in [5.74, 6) is 0. The van der Waals surface area contributed by atoms with Crippen LogP contribution < -0.4 is 0 Å². The van der Waals surface area contributed by atoms with Gasteiger partial charge in [-0.15, -0.1) is 0 Å². The third-order valence-corrected chi connectivity index (χ3v) is 8.81. The second kappa shape index (κ2) is 4.52. The molecule has 3 heteroatoms. The van der Waals surface area contributed by atoms with Crippen molar-refractivity contribution in [1.29, 1.82) is 0 Å². The van der Waals surface area contributed by atoms with E-state index in [-0.39, 0.29) is 11.1 Å². The standard InChI is InChI=1S/C14H28O2Si/c1-8-11-9-12(10-14(11,5)15)16-17(6,7)13(2,3)4/h9,12,15H,8,10H2,1-7H3. The van der Waals surface area contributed by atoms with Crippen LogP contribution in [0.5, 0.6) is 0 Å². The van der Waals surface area contributed by atoms with Gasteiger partial charge in [-0.1, -0.05) is 33.8 Å². The largest absolute Gasteiger partial charge is 0.410 e. The first-order valence-corrected chi connectivity index (χ1v) is 9.52. The van der Waals surface area contributed by atoms with E-state index in [0.29, 0.717) is 6.42 Å². The first-order chi connectivity index (χ1) is 7.49. The van der Waals surface area contributed by atoms with E-state index in [1.807, 2.05) is 6.92 Å². The quantitative estimate of drug-likeness (QED) is 0.613. The van der Waals surface area contributed by atoms with E-state index in [0.717, 1.165) is 12.0 Å². The van der Waals surface area contributed by atoms with Crippen LogP contribution >= 0.6 is 0 Å². The number of rotatable bonds is 3. The molecule has 1 aliphatic carbocycles. The van der Waals surface area contributed by atoms with Crippen LogP contribution in [0.25, 0.3) is 0 Å². The van der Waals surface area contributed by atoms with Gasteiger partial charge in [0.2, 0.25) is 0 Å². The number of aliphatic hydroxyl groups is 1. The Labute approximate surface area is 107 Å². The van der Waals surface area contributed by atoms with E-state index in [2.05, 4.69) is 46.9 Å². The van der Waals surface area contributed by atoms with E-state index in [1.165, 1.54) is 0 Å². The van der Waals surface area contributed by atoms with Crippen molar-refractivity contribution in [3.8, 4) is 0 Å². The molecular formula is C14H28O2Si. The van der Waals surface area contributed by atoms with E-state index >= 15 is 0 Å². The van der Waals surface area contributed by atoms with Crippen molar-refractivity contribution in [1.82, 2.24) is 0 Å². The van der Waals surface area contributed by atoms with Gasteiger partial charge < -0.3 is 9.53 Å². The second-order valence-corrected chi connectivity index (χ2v) is 11.7. The van der Waals surface area contributed by atoms with Crippen LogP contribution in [0.4, 0.5) is 0 Å². The monoisotopic (exact) mass is 256 g/mol. The second-order valence-electron chi connectivity index (χ2n) is 6.94. The lowest BCUT2D eigenvalue weighted by atomic mass is 9.96. The van der Waals surface area contributed by atoms with Gasteiger partial charge in [0.25, 0.3) is 0 Å². The number of hydrogen-bond donors (Lipinski definition) is 1. The maximum atomic E-state index is 10.3. The first kappa shape index (κ1) is 14.9. The van der Waals surface area contributed by atoms with Gasteiger partial charge in [-0.3, -0.25) is 0 Å². The molecule has 0 fully saturated rings. The lowest BCUT2D eigenvalue weighted by Crippen LogP contribution is -2.43. The van der Waals surface area contributed by atoms with E-state index in [9.17, 15) is 5.11 Å². The molecule has 0 saturated carbocycles. The first-order valence-electron chi connectivity index (χ1n) is 6.61. The maximum absolute atomic E-state index is 10.3. The van der Waals surface area contributed by atoms with Gasteiger partial charge in [-0.05, 0) is 37.0 Å². The van der Waals surface area contributed by atoms with Crippen molar-refractivity contribution in [3.63, 3.8) is 0 Å². The summed E-state index contributed by atoms with van der Waals surface area (Å²) in [6, 6.07) is 0. The number of hydrogen-bond acceptors (Lipinski definition) is 2. The summed E-state index contributed by atoms with van der Waals surface area (Å²) >= 11 is 0. The molecule has 0 spiro atoms. The van der Waals surface area contributed by atoms with E-state index in [4.69, 9.17) is 4.43 Å². The molecule has 2 unspecified atom stereocenters. The van der Waals surface area contributed by atoms with Gasteiger partial charge in [0.1, 0.15) is 0 Å². The van der Waals surface area contributed by atoms with Gasteiger partial charge in [-0.25, -0.2) is 0 Å². The summed E-state index contributed by atoms with van der Waals surface area (Å²) in [5, 5.41) is 10.5. The van der Waals surface area contributed by atoms with Crippen molar-refractivity contribution in [3.05, 3.63) is 11.6 Å².